The van der Waals surface area contributed by atoms with Crippen molar-refractivity contribution >= 4 is 39.3 Å². The molecule has 0 aliphatic carbocycles. The Labute approximate surface area is 118 Å². The van der Waals surface area contributed by atoms with E-state index in [1.807, 2.05) is 30.3 Å². The molecule has 0 fully saturated rings. The van der Waals surface area contributed by atoms with Crippen molar-refractivity contribution in [3.63, 3.8) is 0 Å². The summed E-state index contributed by atoms with van der Waals surface area (Å²) >= 11 is 4.97. The van der Waals surface area contributed by atoms with Gasteiger partial charge in [0.15, 0.2) is 0 Å². The number of carbonyl (C=O) groups is 1. The van der Waals surface area contributed by atoms with Gasteiger partial charge < -0.3 is 11.5 Å². The molecule has 0 atom stereocenters. The van der Waals surface area contributed by atoms with E-state index in [4.69, 9.17) is 11.5 Å². The maximum atomic E-state index is 11.2. The van der Waals surface area contributed by atoms with Gasteiger partial charge in [-0.05, 0) is 36.4 Å². The minimum Gasteiger partial charge on any atom is -0.398 e. The van der Waals surface area contributed by atoms with Gasteiger partial charge in [-0.25, -0.2) is 0 Å². The first-order valence-electron chi connectivity index (χ1n) is 5.19. The van der Waals surface area contributed by atoms with E-state index in [0.29, 0.717) is 11.3 Å². The number of halogens is 1. The van der Waals surface area contributed by atoms with Crippen molar-refractivity contribution < 1.29 is 4.79 Å². The molecule has 0 unspecified atom stereocenters. The molecule has 3 nitrogen and oxygen atoms in total. The van der Waals surface area contributed by atoms with Crippen LogP contribution in [0, 0.1) is 0 Å². The van der Waals surface area contributed by atoms with Gasteiger partial charge in [0.1, 0.15) is 0 Å². The second-order valence-electron chi connectivity index (χ2n) is 3.67. The lowest BCUT2D eigenvalue weighted by atomic mass is 10.2. The Morgan fingerprint density at radius 1 is 1.11 bits per heavy atom. The Balaban J connectivity index is 2.30. The van der Waals surface area contributed by atoms with Gasteiger partial charge in [-0.15, -0.1) is 0 Å². The van der Waals surface area contributed by atoms with Gasteiger partial charge in [0, 0.05) is 20.0 Å². The molecular weight excluding hydrogens is 312 g/mol. The number of primary amides is 1. The summed E-state index contributed by atoms with van der Waals surface area (Å²) < 4.78 is 1.01. The fraction of sp³-hybridized carbons (Fsp3) is 0. The Hall–Kier alpha value is -1.46. The summed E-state index contributed by atoms with van der Waals surface area (Å²) in [6, 6.07) is 13.2. The highest BCUT2D eigenvalue weighted by atomic mass is 79.9. The summed E-state index contributed by atoms with van der Waals surface area (Å²) in [7, 11) is 0. The molecule has 1 amide bonds. The quantitative estimate of drug-likeness (QED) is 0.852. The standard InChI is InChI=1S/C13H11BrN2OS/c14-8-2-1-3-9(6-8)18-10-4-5-12(15)11(7-10)13(16)17/h1-7H,15H2,(H2,16,17). The van der Waals surface area contributed by atoms with Crippen molar-refractivity contribution in [2.75, 3.05) is 5.73 Å². The van der Waals surface area contributed by atoms with Crippen LogP contribution in [0.4, 0.5) is 5.69 Å². The lowest BCUT2D eigenvalue weighted by molar-refractivity contribution is 0.100. The summed E-state index contributed by atoms with van der Waals surface area (Å²) in [4.78, 5) is 13.2. The zero-order valence-corrected chi connectivity index (χ0v) is 11.8. The third kappa shape index (κ3) is 3.05. The molecule has 2 aromatic carbocycles. The molecule has 2 aromatic rings. The second-order valence-corrected chi connectivity index (χ2v) is 5.74. The number of nitrogen functional groups attached to an aromatic ring is 1. The number of hydrogen-bond acceptors (Lipinski definition) is 3. The molecule has 2 rings (SSSR count). The summed E-state index contributed by atoms with van der Waals surface area (Å²) in [5, 5.41) is 0. The van der Waals surface area contributed by atoms with Crippen LogP contribution in [0.1, 0.15) is 10.4 Å². The minimum atomic E-state index is -0.510. The molecule has 0 heterocycles. The third-order valence-corrected chi connectivity index (χ3v) is 3.79. The van der Waals surface area contributed by atoms with Crippen molar-refractivity contribution in [3.05, 3.63) is 52.5 Å². The van der Waals surface area contributed by atoms with E-state index in [0.717, 1.165) is 14.3 Å². The molecule has 0 aromatic heterocycles. The number of amides is 1. The maximum Gasteiger partial charge on any atom is 0.250 e. The monoisotopic (exact) mass is 322 g/mol. The van der Waals surface area contributed by atoms with Gasteiger partial charge in [-0.2, -0.15) is 0 Å². The van der Waals surface area contributed by atoms with E-state index < -0.39 is 5.91 Å². The van der Waals surface area contributed by atoms with Crippen LogP contribution >= 0.6 is 27.7 Å². The summed E-state index contributed by atoms with van der Waals surface area (Å²) in [6.07, 6.45) is 0. The van der Waals surface area contributed by atoms with Crippen LogP contribution in [0.25, 0.3) is 0 Å². The van der Waals surface area contributed by atoms with E-state index in [2.05, 4.69) is 15.9 Å². The van der Waals surface area contributed by atoms with Crippen molar-refractivity contribution in [1.82, 2.24) is 0 Å². The molecule has 0 radical (unpaired) electrons. The number of nitrogens with two attached hydrogens (primary N) is 2. The molecule has 0 saturated carbocycles. The molecule has 0 aliphatic heterocycles. The number of hydrogen-bond donors (Lipinski definition) is 2. The van der Waals surface area contributed by atoms with Gasteiger partial charge in [0.25, 0.3) is 5.91 Å². The zero-order chi connectivity index (χ0) is 13.1. The molecule has 0 bridgehead atoms. The van der Waals surface area contributed by atoms with Crippen molar-refractivity contribution in [2.24, 2.45) is 5.73 Å². The van der Waals surface area contributed by atoms with E-state index >= 15 is 0 Å². The van der Waals surface area contributed by atoms with Crippen LogP contribution in [-0.4, -0.2) is 5.91 Å². The maximum absolute atomic E-state index is 11.2. The van der Waals surface area contributed by atoms with Crippen LogP contribution in [0.3, 0.4) is 0 Å². The van der Waals surface area contributed by atoms with Crippen LogP contribution in [0.15, 0.2) is 56.7 Å². The number of anilines is 1. The lowest BCUT2D eigenvalue weighted by Crippen LogP contribution is -2.13. The van der Waals surface area contributed by atoms with Crippen LogP contribution in [0.2, 0.25) is 0 Å². The normalized spacial score (nSPS) is 10.3. The highest BCUT2D eigenvalue weighted by Gasteiger charge is 2.07. The first-order chi connectivity index (χ1) is 8.56. The first kappa shape index (κ1) is 13.0. The Morgan fingerprint density at radius 2 is 1.83 bits per heavy atom. The molecule has 5 heteroatoms. The number of rotatable bonds is 3. The lowest BCUT2D eigenvalue weighted by Gasteiger charge is -2.06. The smallest absolute Gasteiger partial charge is 0.250 e. The van der Waals surface area contributed by atoms with Crippen molar-refractivity contribution in [1.29, 1.82) is 0 Å². The van der Waals surface area contributed by atoms with Gasteiger partial charge in [-0.3, -0.25) is 4.79 Å². The predicted octanol–water partition coefficient (Wildman–Crippen LogP) is 3.28. The van der Waals surface area contributed by atoms with Crippen LogP contribution < -0.4 is 11.5 Å². The van der Waals surface area contributed by atoms with Crippen LogP contribution in [0.5, 0.6) is 0 Å². The average Bonchev–Trinajstić information content (AvgIpc) is 2.31. The Kier molecular flexibility index (Phi) is 3.93. The fourth-order valence-electron chi connectivity index (χ4n) is 1.48. The van der Waals surface area contributed by atoms with Gasteiger partial charge in [-0.1, -0.05) is 33.8 Å². The molecule has 0 spiro atoms. The van der Waals surface area contributed by atoms with E-state index in [9.17, 15) is 4.79 Å². The van der Waals surface area contributed by atoms with Crippen molar-refractivity contribution in [2.45, 2.75) is 9.79 Å². The molecule has 4 N–H and O–H groups in total. The Morgan fingerprint density at radius 3 is 2.50 bits per heavy atom. The highest BCUT2D eigenvalue weighted by Crippen LogP contribution is 2.31. The average molecular weight is 323 g/mol. The van der Waals surface area contributed by atoms with E-state index in [1.165, 1.54) is 0 Å². The summed E-state index contributed by atoms with van der Waals surface area (Å²) in [5.41, 5.74) is 11.7. The van der Waals surface area contributed by atoms with Crippen LogP contribution in [-0.2, 0) is 0 Å². The molecule has 0 aliphatic rings. The number of benzene rings is 2. The third-order valence-electron chi connectivity index (χ3n) is 2.32. The highest BCUT2D eigenvalue weighted by molar-refractivity contribution is 9.10. The SMILES string of the molecule is NC(=O)c1cc(Sc2cccc(Br)c2)ccc1N. The predicted molar refractivity (Wildman–Crippen MR) is 77.6 cm³/mol. The van der Waals surface area contributed by atoms with Gasteiger partial charge in [0.2, 0.25) is 0 Å². The first-order valence-corrected chi connectivity index (χ1v) is 6.80. The topological polar surface area (TPSA) is 69.1 Å². The second kappa shape index (κ2) is 5.46. The summed E-state index contributed by atoms with van der Waals surface area (Å²) in [6.45, 7) is 0. The minimum absolute atomic E-state index is 0.356. The molecule has 18 heavy (non-hydrogen) atoms. The fourth-order valence-corrected chi connectivity index (χ4v) is 2.95. The largest absolute Gasteiger partial charge is 0.398 e. The molecule has 0 saturated heterocycles. The molecular formula is C13H11BrN2OS. The zero-order valence-electron chi connectivity index (χ0n) is 9.39. The number of carbonyl (C=O) groups excluding carboxylic acids is 1. The summed E-state index contributed by atoms with van der Waals surface area (Å²) in [5.74, 6) is -0.510. The van der Waals surface area contributed by atoms with Crippen molar-refractivity contribution in [3.8, 4) is 0 Å². The van der Waals surface area contributed by atoms with Gasteiger partial charge >= 0.3 is 0 Å². The van der Waals surface area contributed by atoms with Gasteiger partial charge in [0.05, 0.1) is 5.56 Å². The molecule has 92 valence electrons. The van der Waals surface area contributed by atoms with E-state index in [1.54, 1.807) is 23.9 Å². The Bertz CT molecular complexity index is 601. The van der Waals surface area contributed by atoms with E-state index in [-0.39, 0.29) is 0 Å².